The number of aliphatic hydroxyl groups is 1. The molecule has 0 aliphatic rings. The Labute approximate surface area is 342 Å². The molecule has 55 heavy (non-hydrogen) atoms. The van der Waals surface area contributed by atoms with Gasteiger partial charge in [-0.2, -0.15) is 0 Å². The van der Waals surface area contributed by atoms with Crippen molar-refractivity contribution in [3.8, 4) is 0 Å². The molecule has 0 spiro atoms. The number of amides is 1. The summed E-state index contributed by atoms with van der Waals surface area (Å²) in [5, 5.41) is 14.0. The number of allylic oxidation sites excluding steroid dienone is 2. The van der Waals surface area contributed by atoms with Crippen LogP contribution in [0.25, 0.3) is 0 Å². The molecule has 0 saturated heterocycles. The zero-order valence-corrected chi connectivity index (χ0v) is 38.1. The van der Waals surface area contributed by atoms with E-state index in [0.29, 0.717) is 23.9 Å². The van der Waals surface area contributed by atoms with Crippen molar-refractivity contribution in [1.29, 1.82) is 0 Å². The van der Waals surface area contributed by atoms with Crippen LogP contribution in [0.15, 0.2) is 12.2 Å². The van der Waals surface area contributed by atoms with Gasteiger partial charge in [0.25, 0.3) is 0 Å². The molecular weight excluding hydrogens is 707 g/mol. The predicted molar refractivity (Wildman–Crippen MR) is 235 cm³/mol. The Morgan fingerprint density at radius 2 is 0.982 bits per heavy atom. The molecule has 0 aromatic rings. The van der Waals surface area contributed by atoms with E-state index in [-0.39, 0.29) is 19.1 Å². The first-order chi connectivity index (χ1) is 26.5. The van der Waals surface area contributed by atoms with Crippen molar-refractivity contribution < 1.29 is 32.9 Å². The van der Waals surface area contributed by atoms with Crippen LogP contribution < -0.4 is 5.32 Å². The fourth-order valence-corrected chi connectivity index (χ4v) is 7.72. The summed E-state index contributed by atoms with van der Waals surface area (Å²) in [5.74, 6) is -0.147. The van der Waals surface area contributed by atoms with E-state index in [2.05, 4.69) is 31.3 Å². The van der Waals surface area contributed by atoms with Gasteiger partial charge in [-0.1, -0.05) is 193 Å². The number of carbonyl (C=O) groups is 1. The van der Waals surface area contributed by atoms with E-state index in [1.165, 1.54) is 161 Å². The quantitative estimate of drug-likeness (QED) is 0.0245. The van der Waals surface area contributed by atoms with Gasteiger partial charge in [0, 0.05) is 6.42 Å². The molecule has 0 fully saturated rings. The maximum absolute atomic E-state index is 12.9. The minimum atomic E-state index is -4.31. The van der Waals surface area contributed by atoms with Crippen molar-refractivity contribution in [3.05, 3.63) is 12.2 Å². The van der Waals surface area contributed by atoms with Crippen LogP contribution in [0.1, 0.15) is 226 Å². The third-order valence-corrected chi connectivity index (χ3v) is 11.7. The average Bonchev–Trinajstić information content (AvgIpc) is 3.13. The number of nitrogens with one attached hydrogen (secondary N) is 1. The first-order valence-corrected chi connectivity index (χ1v) is 25.0. The molecule has 1 amide bonds. The number of quaternary nitrogens is 1. The van der Waals surface area contributed by atoms with Crippen molar-refractivity contribution in [3.63, 3.8) is 0 Å². The van der Waals surface area contributed by atoms with Gasteiger partial charge >= 0.3 is 7.82 Å². The Balaban J connectivity index is 4.32. The minimum absolute atomic E-state index is 0.0758. The van der Waals surface area contributed by atoms with E-state index < -0.39 is 20.0 Å². The number of phosphoric ester groups is 1. The van der Waals surface area contributed by atoms with Gasteiger partial charge < -0.3 is 19.8 Å². The van der Waals surface area contributed by atoms with Crippen LogP contribution in [0.3, 0.4) is 0 Å². The molecule has 0 saturated carbocycles. The van der Waals surface area contributed by atoms with Gasteiger partial charge in [-0.15, -0.1) is 0 Å². The standard InChI is InChI=1S/C46H93N2O6P/c1-6-8-10-12-14-16-18-20-22-24-26-28-30-32-34-36-38-40-46(50)47-44(43-54-55(51,52)53-42-41-48(3,4)5)45(49)39-37-35-33-31-29-27-25-23-21-19-17-15-13-11-9-7-2/h20,22,44-45,49H,6-19,21,23-43H2,1-5H3,(H-,47,50,51,52)/p+1/b22-20-. The SMILES string of the molecule is CCCCCCCC/C=C\CCCCCCCCCC(=O)NC(COP(=O)(O)OCC[N+](C)(C)C)C(O)CCCCCCCCCCCCCCCCCC. The molecule has 3 unspecified atom stereocenters. The van der Waals surface area contributed by atoms with Crippen molar-refractivity contribution in [2.45, 2.75) is 238 Å². The number of aliphatic hydroxyl groups excluding tert-OH is 1. The molecule has 0 aromatic heterocycles. The normalized spacial score (nSPS) is 14.4. The molecule has 0 aliphatic carbocycles. The van der Waals surface area contributed by atoms with E-state index in [9.17, 15) is 19.4 Å². The molecular formula is C46H94N2O6P+. The topological polar surface area (TPSA) is 105 Å². The highest BCUT2D eigenvalue weighted by Crippen LogP contribution is 2.43. The number of hydrogen-bond acceptors (Lipinski definition) is 5. The summed E-state index contributed by atoms with van der Waals surface area (Å²) in [5.41, 5.74) is 0. The highest BCUT2D eigenvalue weighted by Gasteiger charge is 2.28. The van der Waals surface area contributed by atoms with Gasteiger partial charge in [0.2, 0.25) is 5.91 Å². The number of unbranched alkanes of at least 4 members (excludes halogenated alkanes) is 28. The largest absolute Gasteiger partial charge is 0.472 e. The van der Waals surface area contributed by atoms with E-state index in [4.69, 9.17) is 9.05 Å². The zero-order chi connectivity index (χ0) is 40.7. The van der Waals surface area contributed by atoms with Gasteiger partial charge in [-0.25, -0.2) is 4.57 Å². The number of rotatable bonds is 43. The summed E-state index contributed by atoms with van der Waals surface area (Å²) < 4.78 is 23.7. The minimum Gasteiger partial charge on any atom is -0.391 e. The molecule has 0 radical (unpaired) electrons. The summed E-state index contributed by atoms with van der Waals surface area (Å²) in [4.78, 5) is 23.2. The molecule has 328 valence electrons. The maximum Gasteiger partial charge on any atom is 0.472 e. The Morgan fingerprint density at radius 3 is 1.40 bits per heavy atom. The van der Waals surface area contributed by atoms with E-state index in [1.54, 1.807) is 0 Å². The summed E-state index contributed by atoms with van der Waals surface area (Å²) >= 11 is 0. The van der Waals surface area contributed by atoms with E-state index in [0.717, 1.165) is 38.5 Å². The fraction of sp³-hybridized carbons (Fsp3) is 0.935. The Kier molecular flexibility index (Phi) is 38.2. The lowest BCUT2D eigenvalue weighted by atomic mass is 10.0. The zero-order valence-electron chi connectivity index (χ0n) is 37.2. The lowest BCUT2D eigenvalue weighted by Crippen LogP contribution is -2.46. The number of likely N-dealkylation sites (N-methyl/N-ethyl adjacent to an activating group) is 1. The molecule has 0 rings (SSSR count). The lowest BCUT2D eigenvalue weighted by Gasteiger charge is -2.26. The second-order valence-electron chi connectivity index (χ2n) is 17.5. The van der Waals surface area contributed by atoms with Crippen molar-refractivity contribution >= 4 is 13.7 Å². The van der Waals surface area contributed by atoms with Crippen LogP contribution in [0.2, 0.25) is 0 Å². The van der Waals surface area contributed by atoms with Gasteiger partial charge in [-0.3, -0.25) is 13.8 Å². The smallest absolute Gasteiger partial charge is 0.391 e. The van der Waals surface area contributed by atoms with Crippen LogP contribution in [0.5, 0.6) is 0 Å². The van der Waals surface area contributed by atoms with Crippen LogP contribution in [-0.2, 0) is 18.4 Å². The van der Waals surface area contributed by atoms with Crippen LogP contribution in [-0.4, -0.2) is 73.4 Å². The number of carbonyl (C=O) groups excluding carboxylic acids is 1. The number of hydrogen-bond donors (Lipinski definition) is 3. The summed E-state index contributed by atoms with van der Waals surface area (Å²) in [6, 6.07) is -0.758. The second-order valence-corrected chi connectivity index (χ2v) is 18.9. The number of phosphoric acid groups is 1. The van der Waals surface area contributed by atoms with E-state index in [1.807, 2.05) is 21.1 Å². The van der Waals surface area contributed by atoms with Crippen molar-refractivity contribution in [2.75, 3.05) is 40.9 Å². The van der Waals surface area contributed by atoms with Crippen LogP contribution in [0.4, 0.5) is 0 Å². The highest BCUT2D eigenvalue weighted by molar-refractivity contribution is 7.47. The number of nitrogens with zero attached hydrogens (tertiary/aromatic N) is 1. The van der Waals surface area contributed by atoms with Gasteiger partial charge in [-0.05, 0) is 38.5 Å². The average molecular weight is 802 g/mol. The second kappa shape index (κ2) is 38.7. The molecule has 8 nitrogen and oxygen atoms in total. The Hall–Kier alpha value is -0.760. The van der Waals surface area contributed by atoms with Gasteiger partial charge in [0.15, 0.2) is 0 Å². The third-order valence-electron chi connectivity index (χ3n) is 10.8. The summed E-state index contributed by atoms with van der Waals surface area (Å²) in [6.07, 6.45) is 43.7. The molecule has 0 bridgehead atoms. The highest BCUT2D eigenvalue weighted by atomic mass is 31.2. The molecule has 0 aromatic carbocycles. The van der Waals surface area contributed by atoms with Crippen LogP contribution in [0, 0.1) is 0 Å². The monoisotopic (exact) mass is 802 g/mol. The molecule has 3 N–H and O–H groups in total. The maximum atomic E-state index is 12.9. The lowest BCUT2D eigenvalue weighted by molar-refractivity contribution is -0.870. The first-order valence-electron chi connectivity index (χ1n) is 23.6. The van der Waals surface area contributed by atoms with Crippen LogP contribution >= 0.6 is 7.82 Å². The molecule has 9 heteroatoms. The Morgan fingerprint density at radius 1 is 0.600 bits per heavy atom. The fourth-order valence-electron chi connectivity index (χ4n) is 6.98. The molecule has 0 heterocycles. The molecule has 3 atom stereocenters. The molecule has 0 aliphatic heterocycles. The van der Waals surface area contributed by atoms with Crippen molar-refractivity contribution in [2.24, 2.45) is 0 Å². The third kappa shape index (κ3) is 41.2. The summed E-state index contributed by atoms with van der Waals surface area (Å²) in [7, 11) is 1.62. The van der Waals surface area contributed by atoms with E-state index >= 15 is 0 Å². The van der Waals surface area contributed by atoms with Crippen molar-refractivity contribution in [1.82, 2.24) is 5.32 Å². The first kappa shape index (κ1) is 54.2. The van der Waals surface area contributed by atoms with Gasteiger partial charge in [0.1, 0.15) is 13.2 Å². The Bertz CT molecular complexity index is 911. The summed E-state index contributed by atoms with van der Waals surface area (Å²) in [6.45, 7) is 4.90. The van der Waals surface area contributed by atoms with Gasteiger partial charge in [0.05, 0.1) is 39.9 Å². The predicted octanol–water partition coefficient (Wildman–Crippen LogP) is 13.1.